The van der Waals surface area contributed by atoms with E-state index in [1.807, 2.05) is 42.5 Å². The van der Waals surface area contributed by atoms with Gasteiger partial charge in [0, 0.05) is 16.1 Å². The van der Waals surface area contributed by atoms with E-state index in [2.05, 4.69) is 44.0 Å². The predicted octanol–water partition coefficient (Wildman–Crippen LogP) is 7.41. The van der Waals surface area contributed by atoms with Gasteiger partial charge in [-0.3, -0.25) is 0 Å². The van der Waals surface area contributed by atoms with Gasteiger partial charge in [0.2, 0.25) is 0 Å². The highest BCUT2D eigenvalue weighted by Gasteiger charge is 2.16. The number of benzene rings is 3. The molecule has 0 saturated heterocycles. The molecular formula is C24H22Cl2N2O. The number of H-pyrrole nitrogens is 1. The zero-order valence-corrected chi connectivity index (χ0v) is 18.1. The maximum absolute atomic E-state index is 6.35. The van der Waals surface area contributed by atoms with Crippen molar-refractivity contribution in [3.63, 3.8) is 0 Å². The molecular weight excluding hydrogens is 403 g/mol. The Kier molecular flexibility index (Phi) is 5.28. The normalized spacial score (nSPS) is 11.8. The van der Waals surface area contributed by atoms with Crippen LogP contribution in [0.5, 0.6) is 5.75 Å². The summed E-state index contributed by atoms with van der Waals surface area (Å²) in [6.45, 7) is 6.95. The highest BCUT2D eigenvalue weighted by molar-refractivity contribution is 6.32. The SMILES string of the molecule is CC(C)(C)c1ccc2nc(-c3ccc(Cl)c(OCc4ccccc4Cl)c3)[nH]c2c1. The van der Waals surface area contributed by atoms with Crippen LogP contribution in [-0.2, 0) is 12.0 Å². The van der Waals surface area contributed by atoms with Crippen LogP contribution in [0.3, 0.4) is 0 Å². The van der Waals surface area contributed by atoms with Crippen molar-refractivity contribution in [3.05, 3.63) is 81.8 Å². The minimum absolute atomic E-state index is 0.0828. The summed E-state index contributed by atoms with van der Waals surface area (Å²) in [7, 11) is 0. The van der Waals surface area contributed by atoms with Crippen LogP contribution in [0, 0.1) is 0 Å². The van der Waals surface area contributed by atoms with Gasteiger partial charge in [-0.05, 0) is 47.4 Å². The van der Waals surface area contributed by atoms with Crippen LogP contribution in [0.2, 0.25) is 10.0 Å². The summed E-state index contributed by atoms with van der Waals surface area (Å²) < 4.78 is 5.95. The molecule has 0 spiro atoms. The van der Waals surface area contributed by atoms with E-state index in [1.165, 1.54) is 5.56 Å². The van der Waals surface area contributed by atoms with Gasteiger partial charge in [-0.1, -0.05) is 68.2 Å². The molecule has 0 bridgehead atoms. The average Bonchev–Trinajstić information content (AvgIpc) is 3.11. The molecule has 0 aliphatic carbocycles. The van der Waals surface area contributed by atoms with E-state index in [-0.39, 0.29) is 5.41 Å². The minimum atomic E-state index is 0.0828. The molecule has 3 nitrogen and oxygen atoms in total. The van der Waals surface area contributed by atoms with Crippen molar-refractivity contribution in [1.29, 1.82) is 0 Å². The summed E-state index contributed by atoms with van der Waals surface area (Å²) in [4.78, 5) is 8.16. The third-order valence-electron chi connectivity index (χ3n) is 4.89. The molecule has 0 aliphatic heterocycles. The third-order valence-corrected chi connectivity index (χ3v) is 5.57. The fourth-order valence-electron chi connectivity index (χ4n) is 3.15. The van der Waals surface area contributed by atoms with E-state index in [4.69, 9.17) is 32.9 Å². The number of ether oxygens (including phenoxy) is 1. The van der Waals surface area contributed by atoms with Gasteiger partial charge in [0.15, 0.2) is 0 Å². The molecule has 0 saturated carbocycles. The van der Waals surface area contributed by atoms with E-state index >= 15 is 0 Å². The van der Waals surface area contributed by atoms with Crippen LogP contribution >= 0.6 is 23.2 Å². The number of hydrogen-bond acceptors (Lipinski definition) is 2. The second-order valence-electron chi connectivity index (χ2n) is 8.09. The number of fused-ring (bicyclic) bond motifs is 1. The van der Waals surface area contributed by atoms with E-state index < -0.39 is 0 Å². The van der Waals surface area contributed by atoms with E-state index in [0.29, 0.717) is 22.4 Å². The van der Waals surface area contributed by atoms with Gasteiger partial charge >= 0.3 is 0 Å². The van der Waals surface area contributed by atoms with Crippen molar-refractivity contribution in [2.24, 2.45) is 0 Å². The van der Waals surface area contributed by atoms with Crippen molar-refractivity contribution >= 4 is 34.2 Å². The van der Waals surface area contributed by atoms with Crippen molar-refractivity contribution in [2.75, 3.05) is 0 Å². The van der Waals surface area contributed by atoms with E-state index in [0.717, 1.165) is 28.0 Å². The van der Waals surface area contributed by atoms with E-state index in [1.54, 1.807) is 0 Å². The molecule has 1 N–H and O–H groups in total. The lowest BCUT2D eigenvalue weighted by atomic mass is 9.87. The Morgan fingerprint density at radius 3 is 2.48 bits per heavy atom. The molecule has 0 atom stereocenters. The summed E-state index contributed by atoms with van der Waals surface area (Å²) in [5.74, 6) is 1.38. The molecule has 0 amide bonds. The van der Waals surface area contributed by atoms with Crippen molar-refractivity contribution in [2.45, 2.75) is 32.8 Å². The molecule has 0 aliphatic rings. The number of hydrogen-bond donors (Lipinski definition) is 1. The van der Waals surface area contributed by atoms with Crippen LogP contribution in [0.1, 0.15) is 31.9 Å². The van der Waals surface area contributed by atoms with Gasteiger partial charge in [-0.15, -0.1) is 0 Å². The highest BCUT2D eigenvalue weighted by Crippen LogP contribution is 2.32. The number of rotatable bonds is 4. The predicted molar refractivity (Wildman–Crippen MR) is 121 cm³/mol. The smallest absolute Gasteiger partial charge is 0.139 e. The molecule has 0 radical (unpaired) electrons. The summed E-state index contributed by atoms with van der Waals surface area (Å²) >= 11 is 12.6. The molecule has 4 rings (SSSR count). The molecule has 1 aromatic heterocycles. The Hall–Kier alpha value is -2.49. The Morgan fingerprint density at radius 1 is 0.931 bits per heavy atom. The Bertz CT molecular complexity index is 1180. The van der Waals surface area contributed by atoms with Crippen LogP contribution in [0.25, 0.3) is 22.4 Å². The fraction of sp³-hybridized carbons (Fsp3) is 0.208. The van der Waals surface area contributed by atoms with Crippen LogP contribution in [0.15, 0.2) is 60.7 Å². The summed E-state index contributed by atoms with van der Waals surface area (Å²) in [6.07, 6.45) is 0. The third kappa shape index (κ3) is 4.26. The van der Waals surface area contributed by atoms with Gasteiger partial charge in [-0.25, -0.2) is 4.98 Å². The van der Waals surface area contributed by atoms with Crippen LogP contribution in [0.4, 0.5) is 0 Å². The first-order chi connectivity index (χ1) is 13.8. The lowest BCUT2D eigenvalue weighted by Crippen LogP contribution is -2.10. The largest absolute Gasteiger partial charge is 0.487 e. The van der Waals surface area contributed by atoms with Gasteiger partial charge < -0.3 is 9.72 Å². The second-order valence-corrected chi connectivity index (χ2v) is 8.91. The highest BCUT2D eigenvalue weighted by atomic mass is 35.5. The lowest BCUT2D eigenvalue weighted by molar-refractivity contribution is 0.306. The average molecular weight is 425 g/mol. The summed E-state index contributed by atoms with van der Waals surface area (Å²) in [6, 6.07) is 19.6. The van der Waals surface area contributed by atoms with Crippen molar-refractivity contribution in [1.82, 2.24) is 9.97 Å². The quantitative estimate of drug-likeness (QED) is 0.370. The molecule has 5 heteroatoms. The first kappa shape index (κ1) is 19.8. The first-order valence-corrected chi connectivity index (χ1v) is 10.2. The first-order valence-electron chi connectivity index (χ1n) is 9.47. The van der Waals surface area contributed by atoms with Crippen molar-refractivity contribution in [3.8, 4) is 17.1 Å². The molecule has 29 heavy (non-hydrogen) atoms. The van der Waals surface area contributed by atoms with Crippen LogP contribution < -0.4 is 4.74 Å². The van der Waals surface area contributed by atoms with Crippen LogP contribution in [-0.4, -0.2) is 9.97 Å². The summed E-state index contributed by atoms with van der Waals surface area (Å²) in [5, 5.41) is 1.22. The maximum atomic E-state index is 6.35. The Labute approximate surface area is 180 Å². The van der Waals surface area contributed by atoms with Gasteiger partial charge in [0.05, 0.1) is 16.1 Å². The molecule has 3 aromatic carbocycles. The van der Waals surface area contributed by atoms with E-state index in [9.17, 15) is 0 Å². The fourth-order valence-corrected chi connectivity index (χ4v) is 3.51. The van der Waals surface area contributed by atoms with Gasteiger partial charge in [0.1, 0.15) is 18.2 Å². The zero-order valence-electron chi connectivity index (χ0n) is 16.6. The topological polar surface area (TPSA) is 37.9 Å². The Balaban J connectivity index is 1.63. The standard InChI is InChI=1S/C24H22Cl2N2O/c1-24(2,3)17-9-11-20-21(13-17)28-23(27-20)15-8-10-19(26)22(12-15)29-14-16-6-4-5-7-18(16)25/h4-13H,14H2,1-3H3,(H,27,28). The molecule has 0 fully saturated rings. The number of nitrogens with one attached hydrogen (secondary N) is 1. The summed E-state index contributed by atoms with van der Waals surface area (Å²) in [5.41, 5.74) is 5.12. The Morgan fingerprint density at radius 2 is 1.72 bits per heavy atom. The number of halogens is 2. The molecule has 4 aromatic rings. The van der Waals surface area contributed by atoms with Gasteiger partial charge in [0.25, 0.3) is 0 Å². The maximum Gasteiger partial charge on any atom is 0.139 e. The lowest BCUT2D eigenvalue weighted by Gasteiger charge is -2.18. The second kappa shape index (κ2) is 7.74. The zero-order chi connectivity index (χ0) is 20.6. The van der Waals surface area contributed by atoms with Gasteiger partial charge in [-0.2, -0.15) is 0 Å². The number of aromatic nitrogens is 2. The van der Waals surface area contributed by atoms with Crippen molar-refractivity contribution < 1.29 is 4.74 Å². The molecule has 148 valence electrons. The number of imidazole rings is 1. The number of nitrogens with zero attached hydrogens (tertiary/aromatic N) is 1. The molecule has 1 heterocycles. The monoisotopic (exact) mass is 424 g/mol. The molecule has 0 unspecified atom stereocenters. The minimum Gasteiger partial charge on any atom is -0.487 e. The number of aromatic amines is 1.